The van der Waals surface area contributed by atoms with Gasteiger partial charge in [0.2, 0.25) is 5.91 Å². The Morgan fingerprint density at radius 1 is 1.07 bits per heavy atom. The van der Waals surface area contributed by atoms with Crippen molar-refractivity contribution < 1.29 is 65.3 Å². The van der Waals surface area contributed by atoms with Gasteiger partial charge in [0.05, 0.1) is 13.2 Å². The number of nitrogens with one attached hydrogen (secondary N) is 1. The molecule has 2 fully saturated rings. The zero-order valence-corrected chi connectivity index (χ0v) is 23.2. The number of esters is 1. The minimum absolute atomic E-state index is 0.119. The monoisotopic (exact) mass is 625 g/mol. The number of carbonyl (C=O) groups is 5. The highest BCUT2D eigenvalue weighted by atomic mass is 32.2. The fourth-order valence-electron chi connectivity index (χ4n) is 3.35. The van der Waals surface area contributed by atoms with Crippen molar-refractivity contribution in [2.24, 2.45) is 0 Å². The Morgan fingerprint density at radius 2 is 1.63 bits per heavy atom. The van der Waals surface area contributed by atoms with Crippen LogP contribution < -0.4 is 5.32 Å². The van der Waals surface area contributed by atoms with Crippen molar-refractivity contribution in [2.45, 2.75) is 50.7 Å². The zero-order valence-electron chi connectivity index (χ0n) is 22.3. The van der Waals surface area contributed by atoms with Crippen molar-refractivity contribution >= 4 is 40.7 Å². The van der Waals surface area contributed by atoms with Crippen molar-refractivity contribution in [3.8, 4) is 0 Å². The fourth-order valence-corrected chi connectivity index (χ4v) is 4.32. The summed E-state index contributed by atoms with van der Waals surface area (Å²) >= 11 is 1.39. The largest absolute Gasteiger partial charge is 0.490 e. The van der Waals surface area contributed by atoms with Crippen LogP contribution in [0.4, 0.5) is 26.3 Å². The highest BCUT2D eigenvalue weighted by Gasteiger charge is 2.38. The van der Waals surface area contributed by atoms with Gasteiger partial charge in [-0.25, -0.2) is 9.59 Å². The molecule has 2 rings (SSSR count). The number of piperazine rings is 1. The summed E-state index contributed by atoms with van der Waals surface area (Å²) in [6.45, 7) is 8.77. The number of rotatable bonds is 8. The molecular weight excluding hydrogens is 592 g/mol. The van der Waals surface area contributed by atoms with Crippen LogP contribution >= 0.6 is 11.8 Å². The van der Waals surface area contributed by atoms with Crippen LogP contribution in [0.5, 0.6) is 0 Å². The number of carbonyl (C=O) groups excluding carboxylic acids is 3. The van der Waals surface area contributed by atoms with Crippen molar-refractivity contribution in [2.75, 3.05) is 52.4 Å². The van der Waals surface area contributed by atoms with E-state index in [4.69, 9.17) is 24.5 Å². The molecule has 2 aliphatic heterocycles. The quantitative estimate of drug-likeness (QED) is 0.207. The Hall–Kier alpha value is -2.86. The number of carboxylic acid groups (broad SMARTS) is 2. The maximum atomic E-state index is 12.4. The molecule has 41 heavy (non-hydrogen) atoms. The van der Waals surface area contributed by atoms with Crippen molar-refractivity contribution in [1.29, 1.82) is 0 Å². The Balaban J connectivity index is 0.000000941. The van der Waals surface area contributed by atoms with E-state index in [1.54, 1.807) is 13.8 Å². The van der Waals surface area contributed by atoms with Crippen LogP contribution in [0, 0.1) is 0 Å². The maximum Gasteiger partial charge on any atom is 0.490 e. The lowest BCUT2D eigenvalue weighted by Gasteiger charge is -2.34. The first kappa shape index (κ1) is 38.1. The molecule has 2 saturated heterocycles. The van der Waals surface area contributed by atoms with Gasteiger partial charge >= 0.3 is 30.3 Å². The minimum atomic E-state index is -5.08. The number of carboxylic acids is 2. The van der Waals surface area contributed by atoms with Gasteiger partial charge in [-0.3, -0.25) is 19.3 Å². The number of hydrogen-bond donors (Lipinski definition) is 3. The number of nitrogens with zero attached hydrogens (tertiary/aromatic N) is 2. The Morgan fingerprint density at radius 3 is 2.10 bits per heavy atom. The molecule has 0 radical (unpaired) electrons. The summed E-state index contributed by atoms with van der Waals surface area (Å²) in [5.41, 5.74) is 1.21. The molecule has 0 spiro atoms. The van der Waals surface area contributed by atoms with E-state index in [0.29, 0.717) is 39.1 Å². The lowest BCUT2D eigenvalue weighted by Crippen LogP contribution is -2.50. The number of hydrogen-bond acceptors (Lipinski definition) is 9. The molecule has 1 atom stereocenters. The van der Waals surface area contributed by atoms with Gasteiger partial charge in [-0.15, -0.1) is 0 Å². The predicted octanol–water partition coefficient (Wildman–Crippen LogP) is 2.31. The summed E-state index contributed by atoms with van der Waals surface area (Å²) in [5, 5.41) is 18.0. The number of aliphatic carboxylic acids is 2. The van der Waals surface area contributed by atoms with Crippen LogP contribution in [0.2, 0.25) is 0 Å². The van der Waals surface area contributed by atoms with E-state index < -0.39 is 24.3 Å². The van der Waals surface area contributed by atoms with Gasteiger partial charge in [-0.1, -0.05) is 17.8 Å². The molecule has 0 aromatic rings. The molecule has 11 nitrogen and oxygen atoms in total. The first-order valence-electron chi connectivity index (χ1n) is 12.2. The van der Waals surface area contributed by atoms with Crippen LogP contribution in [0.15, 0.2) is 11.6 Å². The van der Waals surface area contributed by atoms with Crippen LogP contribution in [-0.4, -0.2) is 119 Å². The molecule has 0 aliphatic carbocycles. The molecule has 236 valence electrons. The van der Waals surface area contributed by atoms with Gasteiger partial charge in [0.25, 0.3) is 0 Å². The Labute approximate surface area is 236 Å². The second kappa shape index (κ2) is 18.5. The third kappa shape index (κ3) is 17.5. The number of amides is 1. The molecule has 0 aromatic heterocycles. The van der Waals surface area contributed by atoms with E-state index in [0.717, 1.165) is 32.6 Å². The minimum Gasteiger partial charge on any atom is -0.475 e. The molecule has 0 saturated carbocycles. The smallest absolute Gasteiger partial charge is 0.475 e. The van der Waals surface area contributed by atoms with E-state index >= 15 is 0 Å². The second-order valence-electron chi connectivity index (χ2n) is 8.47. The lowest BCUT2D eigenvalue weighted by molar-refractivity contribution is -0.193. The van der Waals surface area contributed by atoms with E-state index in [1.807, 2.05) is 4.90 Å². The molecule has 2 aliphatic rings. The predicted molar refractivity (Wildman–Crippen MR) is 134 cm³/mol. The molecule has 18 heteroatoms. The van der Waals surface area contributed by atoms with Crippen LogP contribution in [-0.2, 0) is 28.7 Å². The molecular formula is C23H33F6N3O8S. The summed E-state index contributed by atoms with van der Waals surface area (Å²) in [6.07, 6.45) is -6.00. The molecule has 2 heterocycles. The average molecular weight is 626 g/mol. The van der Waals surface area contributed by atoms with Crippen molar-refractivity contribution in [3.05, 3.63) is 11.6 Å². The van der Waals surface area contributed by atoms with Gasteiger partial charge in [0, 0.05) is 44.8 Å². The molecule has 0 aromatic carbocycles. The Bertz CT molecular complexity index is 906. The topological polar surface area (TPSA) is 154 Å². The van der Waals surface area contributed by atoms with Crippen LogP contribution in [0.3, 0.4) is 0 Å². The van der Waals surface area contributed by atoms with Gasteiger partial charge in [-0.05, 0) is 38.4 Å². The second-order valence-corrected chi connectivity index (χ2v) is 9.85. The van der Waals surface area contributed by atoms with Gasteiger partial charge in [0.1, 0.15) is 0 Å². The average Bonchev–Trinajstić information content (AvgIpc) is 2.84. The number of thioether (sulfide) groups is 1. The molecule has 1 amide bonds. The summed E-state index contributed by atoms with van der Waals surface area (Å²) in [4.78, 5) is 57.0. The van der Waals surface area contributed by atoms with E-state index in [9.17, 15) is 40.7 Å². The summed E-state index contributed by atoms with van der Waals surface area (Å²) in [6, 6.07) is 0. The molecule has 1 unspecified atom stereocenters. The third-order valence-electron chi connectivity index (χ3n) is 5.25. The normalized spacial score (nSPS) is 18.9. The van der Waals surface area contributed by atoms with Crippen molar-refractivity contribution in [1.82, 2.24) is 15.1 Å². The number of alkyl halides is 6. The summed E-state index contributed by atoms with van der Waals surface area (Å²) in [7, 11) is 0. The number of halogens is 6. The highest BCUT2D eigenvalue weighted by molar-refractivity contribution is 8.14. The van der Waals surface area contributed by atoms with Crippen LogP contribution in [0.25, 0.3) is 0 Å². The summed E-state index contributed by atoms with van der Waals surface area (Å²) in [5.74, 6) is -5.57. The summed E-state index contributed by atoms with van der Waals surface area (Å²) < 4.78 is 68.4. The fraction of sp³-hybridized carbons (Fsp3) is 0.696. The SMILES string of the molecule is CCOC(=O)CCCN1CCN(C/C=C2\CNCCC2SC(C)=O)C(=O)C1.O=C(O)C(F)(F)F.O=C(O)C(F)(F)F. The first-order valence-corrected chi connectivity index (χ1v) is 13.1. The standard InChI is InChI=1S/C19H31N3O4S.2C2HF3O2/c1-3-26-19(25)5-4-9-21-11-12-22(18(24)14-21)10-7-16-13-20-8-6-17(16)27-15(2)23;2*3-2(4,5)1(6)7/h7,17,20H,3-6,8-14H2,1-2H3;2*(H,6,7)/b16-7+;;. The lowest BCUT2D eigenvalue weighted by atomic mass is 10.1. The zero-order chi connectivity index (χ0) is 31.8. The molecule has 3 N–H and O–H groups in total. The number of ether oxygens (including phenoxy) is 1. The maximum absolute atomic E-state index is 12.4. The van der Waals surface area contributed by atoms with Crippen molar-refractivity contribution in [3.63, 3.8) is 0 Å². The Kier molecular flexibility index (Phi) is 17.3. The van der Waals surface area contributed by atoms with E-state index in [1.165, 1.54) is 17.3 Å². The first-order chi connectivity index (χ1) is 18.9. The number of piperidine rings is 1. The van der Waals surface area contributed by atoms with Crippen LogP contribution in [0.1, 0.15) is 33.1 Å². The third-order valence-corrected chi connectivity index (χ3v) is 6.41. The van der Waals surface area contributed by atoms with Gasteiger partial charge in [-0.2, -0.15) is 26.3 Å². The van der Waals surface area contributed by atoms with E-state index in [2.05, 4.69) is 16.3 Å². The highest BCUT2D eigenvalue weighted by Crippen LogP contribution is 2.25. The van der Waals surface area contributed by atoms with Gasteiger partial charge < -0.3 is 25.2 Å². The van der Waals surface area contributed by atoms with E-state index in [-0.39, 0.29) is 22.2 Å². The molecule has 0 bridgehead atoms. The van der Waals surface area contributed by atoms with Gasteiger partial charge in [0.15, 0.2) is 5.12 Å².